The lowest BCUT2D eigenvalue weighted by atomic mass is 9.58. The van der Waals surface area contributed by atoms with Crippen LogP contribution in [0.25, 0.3) is 0 Å². The molecule has 6 N–H and O–H groups in total. The van der Waals surface area contributed by atoms with Crippen LogP contribution in [0, 0.1) is 76.4 Å². The Kier molecular flexibility index (Phi) is 13.8. The van der Waals surface area contributed by atoms with Gasteiger partial charge in [0.1, 0.15) is 17.7 Å². The first kappa shape index (κ1) is 39.4. The van der Waals surface area contributed by atoms with Crippen molar-refractivity contribution in [3.05, 3.63) is 0 Å². The monoisotopic (exact) mass is 711 g/mol. The molecule has 13 unspecified atom stereocenters. The third-order valence-corrected chi connectivity index (χ3v) is 15.5. The van der Waals surface area contributed by atoms with Gasteiger partial charge in [-0.3, -0.25) is 5.73 Å². The van der Waals surface area contributed by atoms with E-state index in [4.69, 9.17) is 10.5 Å². The van der Waals surface area contributed by atoms with Crippen LogP contribution in [0.15, 0.2) is 0 Å². The summed E-state index contributed by atoms with van der Waals surface area (Å²) in [6.07, 6.45) is 16.2. The van der Waals surface area contributed by atoms with E-state index in [2.05, 4.69) is 24.1 Å². The van der Waals surface area contributed by atoms with Crippen molar-refractivity contribution in [3.8, 4) is 11.8 Å². The number of rotatable bonds is 8. The first-order chi connectivity index (χ1) is 24.7. The molecule has 5 fully saturated rings. The summed E-state index contributed by atoms with van der Waals surface area (Å²) in [6, 6.07) is 0. The van der Waals surface area contributed by atoms with E-state index in [-0.39, 0.29) is 66.2 Å². The van der Waals surface area contributed by atoms with Crippen molar-refractivity contribution in [1.82, 2.24) is 0 Å². The summed E-state index contributed by atoms with van der Waals surface area (Å²) < 4.78 is 5.72. The van der Waals surface area contributed by atoms with Gasteiger partial charge in [0.05, 0.1) is 18.8 Å². The van der Waals surface area contributed by atoms with Crippen LogP contribution in [0.3, 0.4) is 0 Å². The molecule has 0 aromatic rings. The van der Waals surface area contributed by atoms with Crippen LogP contribution in [-0.4, -0.2) is 66.5 Å². The van der Waals surface area contributed by atoms with E-state index < -0.39 is 29.7 Å². The fourth-order valence-electron chi connectivity index (χ4n) is 12.8. The van der Waals surface area contributed by atoms with Crippen molar-refractivity contribution < 1.29 is 35.0 Å². The summed E-state index contributed by atoms with van der Waals surface area (Å²) in [7, 11) is 1.65. The molecule has 51 heavy (non-hydrogen) atoms. The quantitative estimate of drug-likeness (QED) is 0.219. The second kappa shape index (κ2) is 17.9. The molecule has 8 nitrogen and oxygen atoms in total. The molecule has 4 saturated carbocycles. The Bertz CT molecular complexity index is 1220. The van der Waals surface area contributed by atoms with Crippen molar-refractivity contribution in [2.75, 3.05) is 20.3 Å². The predicted molar refractivity (Wildman–Crippen MR) is 196 cm³/mol. The highest BCUT2D eigenvalue weighted by atomic mass is 16.5. The van der Waals surface area contributed by atoms with Crippen LogP contribution in [0.1, 0.15) is 135 Å². The van der Waals surface area contributed by atoms with E-state index in [9.17, 15) is 24.9 Å². The maximum Gasteiger partial charge on any atom is 0.137 e. The first-order valence-corrected chi connectivity index (χ1v) is 21.3. The highest BCUT2D eigenvalue weighted by molar-refractivity contribution is 6.05. The largest absolute Gasteiger partial charge is 0.841 e. The number of hydrogen-bond acceptors (Lipinski definition) is 7. The molecule has 6 rings (SSSR count). The van der Waals surface area contributed by atoms with E-state index in [1.807, 2.05) is 0 Å². The molecule has 0 spiro atoms. The van der Waals surface area contributed by atoms with Gasteiger partial charge in [0.25, 0.3) is 0 Å². The number of aliphatic hydroxyl groups is 2. The average Bonchev–Trinajstić information content (AvgIpc) is 3.57. The van der Waals surface area contributed by atoms with E-state index in [1.165, 1.54) is 44.9 Å². The number of piperidine rings is 1. The number of methoxy groups -OCH3 is 1. The van der Waals surface area contributed by atoms with Gasteiger partial charge in [-0.15, -0.1) is 0 Å². The SMILES string of the molecule is CCCC(CO)C1CC2C(=O)C([O-])C(=O)CCC3CC(OC)C(O)CC3C(C3CCCCC3)C#CC2CC(C2(C3CC[NH2+]C(N)C3)CCCC2)C1. The number of ether oxygens (including phenoxy) is 1. The number of hydrogen-bond donors (Lipinski definition) is 4. The molecule has 0 radical (unpaired) electrons. The van der Waals surface area contributed by atoms with Crippen molar-refractivity contribution in [1.29, 1.82) is 0 Å². The van der Waals surface area contributed by atoms with Gasteiger partial charge >= 0.3 is 0 Å². The molecule has 0 aromatic heterocycles. The third kappa shape index (κ3) is 8.65. The van der Waals surface area contributed by atoms with Crippen LogP contribution in [-0.2, 0) is 14.3 Å². The number of carbonyl (C=O) groups excluding carboxylic acids is 2. The second-order valence-corrected chi connectivity index (χ2v) is 18.2. The first-order valence-electron chi connectivity index (χ1n) is 21.3. The molecule has 5 aliphatic carbocycles. The van der Waals surface area contributed by atoms with Gasteiger partial charge in [-0.2, -0.15) is 0 Å². The maximum atomic E-state index is 14.5. The Hall–Kier alpha value is -1.34. The fraction of sp³-hybridized carbons (Fsp3) is 0.907. The zero-order valence-corrected chi connectivity index (χ0v) is 31.8. The summed E-state index contributed by atoms with van der Waals surface area (Å²) in [6.45, 7) is 3.29. The lowest BCUT2D eigenvalue weighted by molar-refractivity contribution is -0.700. The molecular weight excluding hydrogens is 640 g/mol. The number of Topliss-reactive ketones (excluding diaryl/α,β-unsaturated/α-hetero) is 2. The standard InChI is InChI=1S/C43H69N2O6/c1-3-9-30(26-46)31-21-33(43(17-7-8-18-43)32-16-19-45-40(44)24-32)20-28-12-14-34(27-10-5-4-6-11-27)35-25-38(48)39(51-2)23-29(35)13-15-37(47)42(50)41(49)36(28)22-31/h27-36,38-40,42,45-46,48H,3-11,13,15-26,44H2,1-2H3/q-1/p+1. The van der Waals surface area contributed by atoms with Gasteiger partial charge in [0, 0.05) is 50.7 Å². The van der Waals surface area contributed by atoms with E-state index in [1.54, 1.807) is 7.11 Å². The van der Waals surface area contributed by atoms with Crippen LogP contribution >= 0.6 is 0 Å². The van der Waals surface area contributed by atoms with Gasteiger partial charge in [-0.25, -0.2) is 0 Å². The van der Waals surface area contributed by atoms with Gasteiger partial charge < -0.3 is 35.0 Å². The zero-order valence-electron chi connectivity index (χ0n) is 31.8. The van der Waals surface area contributed by atoms with E-state index in [0.29, 0.717) is 43.4 Å². The minimum Gasteiger partial charge on any atom is -0.841 e. The Morgan fingerprint density at radius 3 is 2.39 bits per heavy atom. The van der Waals surface area contributed by atoms with Gasteiger partial charge in [0.2, 0.25) is 0 Å². The summed E-state index contributed by atoms with van der Waals surface area (Å²) in [5.74, 6) is 7.72. The highest BCUT2D eigenvalue weighted by Crippen LogP contribution is 2.58. The lowest BCUT2D eigenvalue weighted by Crippen LogP contribution is -2.95. The number of aliphatic hydroxyl groups excluding tert-OH is 2. The molecule has 1 heterocycles. The molecule has 0 aromatic carbocycles. The van der Waals surface area contributed by atoms with Crippen LogP contribution in [0.2, 0.25) is 0 Å². The Balaban J connectivity index is 1.45. The minimum absolute atomic E-state index is 0.0628. The number of ketones is 2. The van der Waals surface area contributed by atoms with Gasteiger partial charge in [-0.1, -0.05) is 57.3 Å². The normalized spacial score (nSPS) is 41.9. The Morgan fingerprint density at radius 1 is 0.941 bits per heavy atom. The molecule has 8 heteroatoms. The predicted octanol–water partition coefficient (Wildman–Crippen LogP) is 4.13. The number of nitrogens with two attached hydrogens (primary N) is 2. The van der Waals surface area contributed by atoms with Gasteiger partial charge in [0.15, 0.2) is 0 Å². The molecular formula is C43H70N2O6. The zero-order chi connectivity index (χ0) is 36.1. The smallest absolute Gasteiger partial charge is 0.137 e. The molecule has 6 aliphatic rings. The Morgan fingerprint density at radius 2 is 1.71 bits per heavy atom. The maximum absolute atomic E-state index is 14.5. The van der Waals surface area contributed by atoms with E-state index >= 15 is 0 Å². The van der Waals surface area contributed by atoms with Crippen molar-refractivity contribution in [3.63, 3.8) is 0 Å². The van der Waals surface area contributed by atoms with Crippen LogP contribution in [0.4, 0.5) is 0 Å². The third-order valence-electron chi connectivity index (χ3n) is 15.5. The van der Waals surface area contributed by atoms with E-state index in [0.717, 1.165) is 57.9 Å². The van der Waals surface area contributed by atoms with Crippen molar-refractivity contribution in [2.24, 2.45) is 70.3 Å². The molecule has 1 aliphatic heterocycles. The summed E-state index contributed by atoms with van der Waals surface area (Å²) in [4.78, 5) is 28.2. The highest BCUT2D eigenvalue weighted by Gasteiger charge is 2.52. The topological polar surface area (TPSA) is 150 Å². The summed E-state index contributed by atoms with van der Waals surface area (Å²) in [5.41, 5.74) is 6.75. The molecule has 13 atom stereocenters. The summed E-state index contributed by atoms with van der Waals surface area (Å²) >= 11 is 0. The van der Waals surface area contributed by atoms with Crippen LogP contribution in [0.5, 0.6) is 0 Å². The Labute approximate surface area is 308 Å². The number of quaternary nitrogens is 1. The average molecular weight is 711 g/mol. The molecule has 0 bridgehead atoms. The van der Waals surface area contributed by atoms with Gasteiger partial charge in [-0.05, 0) is 124 Å². The number of fused-ring (bicyclic) bond motifs is 2. The van der Waals surface area contributed by atoms with Crippen molar-refractivity contribution >= 4 is 11.6 Å². The van der Waals surface area contributed by atoms with Crippen LogP contribution < -0.4 is 16.2 Å². The number of carbonyl (C=O) groups is 2. The molecule has 288 valence electrons. The summed E-state index contributed by atoms with van der Waals surface area (Å²) in [5, 5.41) is 38.3. The lowest BCUT2D eigenvalue weighted by Gasteiger charge is -2.47. The fourth-order valence-corrected chi connectivity index (χ4v) is 12.8. The molecule has 1 saturated heterocycles. The molecule has 0 amide bonds. The van der Waals surface area contributed by atoms with Crippen molar-refractivity contribution in [2.45, 2.75) is 160 Å². The second-order valence-electron chi connectivity index (χ2n) is 18.2. The minimum atomic E-state index is -1.89.